The number of nitrogens with zero attached hydrogens (tertiary/aromatic N) is 3. The molecule has 0 saturated heterocycles. The van der Waals surface area contributed by atoms with Crippen LogP contribution in [-0.4, -0.2) is 28.1 Å². The van der Waals surface area contributed by atoms with E-state index < -0.39 is 5.97 Å². The van der Waals surface area contributed by atoms with Gasteiger partial charge in [0.05, 0.1) is 29.6 Å². The zero-order chi connectivity index (χ0) is 12.3. The van der Waals surface area contributed by atoms with E-state index in [1.807, 2.05) is 17.3 Å². The lowest BCUT2D eigenvalue weighted by atomic mass is 10.3. The summed E-state index contributed by atoms with van der Waals surface area (Å²) >= 11 is 1.55. The summed E-state index contributed by atoms with van der Waals surface area (Å²) in [5.41, 5.74) is 3.69. The van der Waals surface area contributed by atoms with Gasteiger partial charge in [0.1, 0.15) is 5.69 Å². The Bertz CT molecular complexity index is 496. The third-order valence-electron chi connectivity index (χ3n) is 2.29. The van der Waals surface area contributed by atoms with Crippen LogP contribution in [0.2, 0.25) is 0 Å². The molecule has 1 N–H and O–H groups in total. The molecule has 6 heteroatoms. The standard InChI is InChI=1S/C11H11N3O2S/c1-14(5-8-6-17-7-13-8)9-2-3-10(11(15)16)12-4-9/h2-4,6-7H,5H2,1H3,(H,15,16). The first-order chi connectivity index (χ1) is 8.16. The summed E-state index contributed by atoms with van der Waals surface area (Å²) in [7, 11) is 1.91. The van der Waals surface area contributed by atoms with Crippen LogP contribution < -0.4 is 4.90 Å². The second kappa shape index (κ2) is 4.92. The van der Waals surface area contributed by atoms with Crippen molar-refractivity contribution in [2.45, 2.75) is 6.54 Å². The van der Waals surface area contributed by atoms with Gasteiger partial charge >= 0.3 is 5.97 Å². The number of carboxylic acids is 1. The summed E-state index contributed by atoms with van der Waals surface area (Å²) in [5.74, 6) is -1.02. The minimum Gasteiger partial charge on any atom is -0.477 e. The average Bonchev–Trinajstić information content (AvgIpc) is 2.82. The van der Waals surface area contributed by atoms with Crippen LogP contribution in [0.4, 0.5) is 5.69 Å². The third kappa shape index (κ3) is 2.79. The second-order valence-electron chi connectivity index (χ2n) is 3.54. The lowest BCUT2D eigenvalue weighted by Gasteiger charge is -2.17. The van der Waals surface area contributed by atoms with Crippen molar-refractivity contribution in [1.29, 1.82) is 0 Å². The van der Waals surface area contributed by atoms with Gasteiger partial charge < -0.3 is 10.0 Å². The van der Waals surface area contributed by atoms with E-state index >= 15 is 0 Å². The number of hydrogen-bond acceptors (Lipinski definition) is 5. The van der Waals surface area contributed by atoms with Crippen molar-refractivity contribution in [3.63, 3.8) is 0 Å². The number of hydrogen-bond donors (Lipinski definition) is 1. The molecular formula is C11H11N3O2S. The maximum Gasteiger partial charge on any atom is 0.354 e. The van der Waals surface area contributed by atoms with E-state index in [9.17, 15) is 4.79 Å². The normalized spacial score (nSPS) is 10.2. The minimum absolute atomic E-state index is 0.0517. The smallest absolute Gasteiger partial charge is 0.354 e. The zero-order valence-electron chi connectivity index (χ0n) is 9.20. The molecule has 0 aliphatic heterocycles. The fourth-order valence-electron chi connectivity index (χ4n) is 1.39. The molecule has 0 amide bonds. The molecule has 0 unspecified atom stereocenters. The molecule has 0 spiro atoms. The summed E-state index contributed by atoms with van der Waals surface area (Å²) < 4.78 is 0. The van der Waals surface area contributed by atoms with Crippen molar-refractivity contribution in [3.05, 3.63) is 40.6 Å². The number of carboxylic acid groups (broad SMARTS) is 1. The molecule has 0 aromatic carbocycles. The summed E-state index contributed by atoms with van der Waals surface area (Å²) in [6.45, 7) is 0.678. The van der Waals surface area contributed by atoms with E-state index in [-0.39, 0.29) is 5.69 Å². The number of anilines is 1. The highest BCUT2D eigenvalue weighted by atomic mass is 32.1. The van der Waals surface area contributed by atoms with Gasteiger partial charge in [0, 0.05) is 12.4 Å². The van der Waals surface area contributed by atoms with Crippen LogP contribution in [0.15, 0.2) is 29.2 Å². The summed E-state index contributed by atoms with van der Waals surface area (Å²) in [6.07, 6.45) is 1.55. The van der Waals surface area contributed by atoms with Crippen molar-refractivity contribution in [2.24, 2.45) is 0 Å². The van der Waals surface area contributed by atoms with Crippen molar-refractivity contribution in [2.75, 3.05) is 11.9 Å². The van der Waals surface area contributed by atoms with Gasteiger partial charge in [-0.25, -0.2) is 14.8 Å². The highest BCUT2D eigenvalue weighted by Crippen LogP contribution is 2.14. The molecule has 0 aliphatic carbocycles. The van der Waals surface area contributed by atoms with Gasteiger partial charge in [-0.05, 0) is 12.1 Å². The first kappa shape index (κ1) is 11.5. The number of rotatable bonds is 4. The molecule has 2 heterocycles. The Balaban J connectivity index is 2.09. The predicted molar refractivity (Wildman–Crippen MR) is 65.4 cm³/mol. The number of carbonyl (C=O) groups is 1. The highest BCUT2D eigenvalue weighted by molar-refractivity contribution is 7.07. The largest absolute Gasteiger partial charge is 0.477 e. The van der Waals surface area contributed by atoms with Crippen molar-refractivity contribution in [1.82, 2.24) is 9.97 Å². The van der Waals surface area contributed by atoms with Crippen LogP contribution in [-0.2, 0) is 6.54 Å². The quantitative estimate of drug-likeness (QED) is 0.896. The van der Waals surface area contributed by atoms with Crippen LogP contribution in [0.5, 0.6) is 0 Å². The molecule has 2 rings (SSSR count). The Labute approximate surface area is 102 Å². The van der Waals surface area contributed by atoms with Crippen LogP contribution in [0, 0.1) is 0 Å². The fraction of sp³-hybridized carbons (Fsp3) is 0.182. The molecule has 88 valence electrons. The average molecular weight is 249 g/mol. The van der Waals surface area contributed by atoms with Gasteiger partial charge in [-0.2, -0.15) is 0 Å². The van der Waals surface area contributed by atoms with E-state index in [0.717, 1.165) is 11.4 Å². The van der Waals surface area contributed by atoms with Gasteiger partial charge in [0.25, 0.3) is 0 Å². The maximum atomic E-state index is 10.7. The number of aromatic nitrogens is 2. The molecular weight excluding hydrogens is 238 g/mol. The highest BCUT2D eigenvalue weighted by Gasteiger charge is 2.07. The number of aromatic carboxylic acids is 1. The lowest BCUT2D eigenvalue weighted by Crippen LogP contribution is -2.17. The molecule has 0 saturated carbocycles. The monoisotopic (exact) mass is 249 g/mol. The predicted octanol–water partition coefficient (Wildman–Crippen LogP) is 1.87. The topological polar surface area (TPSA) is 66.3 Å². The Hall–Kier alpha value is -1.95. The van der Waals surface area contributed by atoms with E-state index in [4.69, 9.17) is 5.11 Å². The minimum atomic E-state index is -1.02. The van der Waals surface area contributed by atoms with Gasteiger partial charge in [0.15, 0.2) is 0 Å². The molecule has 0 aliphatic rings. The van der Waals surface area contributed by atoms with Gasteiger partial charge in [-0.1, -0.05) is 0 Å². The molecule has 2 aromatic rings. The van der Waals surface area contributed by atoms with Crippen LogP contribution in [0.25, 0.3) is 0 Å². The van der Waals surface area contributed by atoms with E-state index in [0.29, 0.717) is 6.54 Å². The maximum absolute atomic E-state index is 10.7. The Kier molecular flexibility index (Phi) is 3.34. The molecule has 0 bridgehead atoms. The van der Waals surface area contributed by atoms with E-state index in [2.05, 4.69) is 9.97 Å². The molecule has 17 heavy (non-hydrogen) atoms. The molecule has 0 fully saturated rings. The van der Waals surface area contributed by atoms with Crippen LogP contribution in [0.3, 0.4) is 0 Å². The van der Waals surface area contributed by atoms with Crippen molar-refractivity contribution in [3.8, 4) is 0 Å². The Morgan fingerprint density at radius 2 is 2.29 bits per heavy atom. The SMILES string of the molecule is CN(Cc1cscn1)c1ccc(C(=O)O)nc1. The zero-order valence-corrected chi connectivity index (χ0v) is 10.0. The lowest BCUT2D eigenvalue weighted by molar-refractivity contribution is 0.0690. The summed E-state index contributed by atoms with van der Waals surface area (Å²) in [5, 5.41) is 10.7. The first-order valence-electron chi connectivity index (χ1n) is 4.94. The van der Waals surface area contributed by atoms with Crippen LogP contribution in [0.1, 0.15) is 16.2 Å². The molecule has 5 nitrogen and oxygen atoms in total. The third-order valence-corrected chi connectivity index (χ3v) is 2.93. The van der Waals surface area contributed by atoms with Gasteiger partial charge in [-0.3, -0.25) is 0 Å². The van der Waals surface area contributed by atoms with Gasteiger partial charge in [-0.15, -0.1) is 11.3 Å². The fourth-order valence-corrected chi connectivity index (χ4v) is 1.94. The number of thiazole rings is 1. The molecule has 2 aromatic heterocycles. The first-order valence-corrected chi connectivity index (χ1v) is 5.88. The second-order valence-corrected chi connectivity index (χ2v) is 4.26. The summed E-state index contributed by atoms with van der Waals surface area (Å²) in [4.78, 5) is 20.7. The number of pyridine rings is 1. The molecule has 0 radical (unpaired) electrons. The van der Waals surface area contributed by atoms with Gasteiger partial charge in [0.2, 0.25) is 0 Å². The van der Waals surface area contributed by atoms with Crippen molar-refractivity contribution < 1.29 is 9.90 Å². The van der Waals surface area contributed by atoms with Crippen molar-refractivity contribution >= 4 is 23.0 Å². The Morgan fingerprint density at radius 3 is 2.82 bits per heavy atom. The molecule has 0 atom stereocenters. The van der Waals surface area contributed by atoms with E-state index in [1.165, 1.54) is 6.07 Å². The Morgan fingerprint density at radius 1 is 1.47 bits per heavy atom. The van der Waals surface area contributed by atoms with Crippen LogP contribution >= 0.6 is 11.3 Å². The summed E-state index contributed by atoms with van der Waals surface area (Å²) in [6, 6.07) is 3.23. The van der Waals surface area contributed by atoms with E-state index in [1.54, 1.807) is 29.1 Å².